The van der Waals surface area contributed by atoms with Gasteiger partial charge in [-0.1, -0.05) is 60.7 Å². The van der Waals surface area contributed by atoms with E-state index in [4.69, 9.17) is 10.2 Å². The van der Waals surface area contributed by atoms with Crippen molar-refractivity contribution >= 4 is 11.8 Å². The zero-order valence-electron chi connectivity index (χ0n) is 18.5. The number of benzene rings is 2. The first-order valence-corrected chi connectivity index (χ1v) is 11.5. The third-order valence-electron chi connectivity index (χ3n) is 6.72. The highest BCUT2D eigenvalue weighted by atomic mass is 16.4. The van der Waals surface area contributed by atoms with Crippen molar-refractivity contribution in [3.8, 4) is 11.3 Å². The molecule has 0 bridgehead atoms. The summed E-state index contributed by atoms with van der Waals surface area (Å²) in [5.74, 6) is 0.447. The van der Waals surface area contributed by atoms with Crippen molar-refractivity contribution in [2.45, 2.75) is 6.42 Å². The van der Waals surface area contributed by atoms with Crippen LogP contribution in [0, 0.1) is 18.3 Å². The van der Waals surface area contributed by atoms with E-state index in [2.05, 4.69) is 35.6 Å². The fourth-order valence-corrected chi connectivity index (χ4v) is 5.09. The molecule has 3 aromatic rings. The Balaban J connectivity index is 1.20. The maximum atomic E-state index is 13.3. The molecule has 2 atom stereocenters. The van der Waals surface area contributed by atoms with Crippen LogP contribution in [0.25, 0.3) is 11.3 Å². The van der Waals surface area contributed by atoms with E-state index >= 15 is 0 Å². The fraction of sp³-hybridized carbons (Fsp3) is 0.296. The van der Waals surface area contributed by atoms with E-state index in [0.717, 1.165) is 31.6 Å². The Kier molecular flexibility index (Phi) is 6.01. The Morgan fingerprint density at radius 1 is 0.939 bits per heavy atom. The van der Waals surface area contributed by atoms with Crippen molar-refractivity contribution in [2.75, 3.05) is 32.7 Å². The number of carbonyl (C=O) groups excluding carboxylic acids is 2. The number of rotatable bonds is 7. The normalized spacial score (nSPS) is 20.2. The van der Waals surface area contributed by atoms with Crippen LogP contribution in [0.4, 0.5) is 0 Å². The largest absolute Gasteiger partial charge is 0.450 e. The second-order valence-electron chi connectivity index (χ2n) is 8.98. The SMILES string of the molecule is NC(=O)c1oc(-c2ccccc2)cc1C(=O)N1CC2CN(CC[CH]c3ccccc3)C[C@H]2C1. The van der Waals surface area contributed by atoms with Gasteiger partial charge in [0.15, 0.2) is 0 Å². The first-order chi connectivity index (χ1) is 16.1. The Morgan fingerprint density at radius 3 is 2.21 bits per heavy atom. The molecule has 33 heavy (non-hydrogen) atoms. The Hall–Kier alpha value is -3.38. The third-order valence-corrected chi connectivity index (χ3v) is 6.72. The molecule has 169 valence electrons. The van der Waals surface area contributed by atoms with Gasteiger partial charge in [-0.05, 0) is 42.9 Å². The van der Waals surface area contributed by atoms with Gasteiger partial charge in [-0.3, -0.25) is 9.59 Å². The van der Waals surface area contributed by atoms with Crippen LogP contribution in [-0.2, 0) is 0 Å². The number of fused-ring (bicyclic) bond motifs is 1. The number of likely N-dealkylation sites (tertiary alicyclic amines) is 2. The minimum Gasteiger partial charge on any atom is -0.450 e. The zero-order valence-corrected chi connectivity index (χ0v) is 18.5. The molecule has 3 heterocycles. The van der Waals surface area contributed by atoms with Crippen molar-refractivity contribution in [1.82, 2.24) is 9.80 Å². The molecule has 0 aliphatic carbocycles. The van der Waals surface area contributed by atoms with Crippen molar-refractivity contribution in [2.24, 2.45) is 17.6 Å². The number of hydrogen-bond acceptors (Lipinski definition) is 4. The van der Waals surface area contributed by atoms with Gasteiger partial charge in [0.2, 0.25) is 5.76 Å². The summed E-state index contributed by atoms with van der Waals surface area (Å²) in [6, 6.07) is 21.5. The predicted molar refractivity (Wildman–Crippen MR) is 126 cm³/mol. The molecule has 0 spiro atoms. The topological polar surface area (TPSA) is 79.8 Å². The molecule has 6 nitrogen and oxygen atoms in total. The van der Waals surface area contributed by atoms with Gasteiger partial charge in [0, 0.05) is 31.7 Å². The number of nitrogens with zero attached hydrogens (tertiary/aromatic N) is 2. The highest BCUT2D eigenvalue weighted by Gasteiger charge is 2.42. The van der Waals surface area contributed by atoms with E-state index in [1.165, 1.54) is 5.56 Å². The van der Waals surface area contributed by atoms with Gasteiger partial charge < -0.3 is 20.0 Å². The van der Waals surface area contributed by atoms with E-state index in [-0.39, 0.29) is 17.2 Å². The van der Waals surface area contributed by atoms with Crippen LogP contribution < -0.4 is 5.73 Å². The minimum atomic E-state index is -0.722. The maximum absolute atomic E-state index is 13.3. The van der Waals surface area contributed by atoms with E-state index < -0.39 is 5.91 Å². The lowest BCUT2D eigenvalue weighted by Gasteiger charge is -2.21. The third kappa shape index (κ3) is 4.57. The molecular formula is C27H28N3O3. The van der Waals surface area contributed by atoms with Gasteiger partial charge in [0.25, 0.3) is 11.8 Å². The molecule has 2 saturated heterocycles. The second-order valence-corrected chi connectivity index (χ2v) is 8.98. The number of furan rings is 1. The quantitative estimate of drug-likeness (QED) is 0.605. The number of nitrogens with two attached hydrogens (primary N) is 1. The van der Waals surface area contributed by atoms with Crippen molar-refractivity contribution in [1.29, 1.82) is 0 Å². The summed E-state index contributed by atoms with van der Waals surface area (Å²) in [6.07, 6.45) is 3.30. The molecule has 1 aromatic heterocycles. The predicted octanol–water partition coefficient (Wildman–Crippen LogP) is 3.69. The second kappa shape index (κ2) is 9.24. The van der Waals surface area contributed by atoms with Crippen LogP contribution in [0.5, 0.6) is 0 Å². The number of hydrogen-bond donors (Lipinski definition) is 1. The molecule has 2 fully saturated rings. The summed E-state index contributed by atoms with van der Waals surface area (Å²) in [5.41, 5.74) is 7.85. The molecule has 2 aliphatic rings. The Labute approximate surface area is 194 Å². The molecule has 2 N–H and O–H groups in total. The minimum absolute atomic E-state index is 0.0611. The van der Waals surface area contributed by atoms with E-state index in [0.29, 0.717) is 30.7 Å². The Morgan fingerprint density at radius 2 is 1.58 bits per heavy atom. The van der Waals surface area contributed by atoms with Crippen molar-refractivity contribution in [3.05, 3.63) is 90.0 Å². The summed E-state index contributed by atoms with van der Waals surface area (Å²) >= 11 is 0. The van der Waals surface area contributed by atoms with E-state index in [9.17, 15) is 9.59 Å². The lowest BCUT2D eigenvalue weighted by Crippen LogP contribution is -2.34. The monoisotopic (exact) mass is 442 g/mol. The van der Waals surface area contributed by atoms with Crippen LogP contribution in [0.1, 0.15) is 32.9 Å². The lowest BCUT2D eigenvalue weighted by atomic mass is 10.0. The van der Waals surface area contributed by atoms with Gasteiger partial charge in [-0.2, -0.15) is 0 Å². The molecule has 2 amide bonds. The molecule has 1 unspecified atom stereocenters. The molecule has 1 radical (unpaired) electrons. The van der Waals surface area contributed by atoms with Gasteiger partial charge >= 0.3 is 0 Å². The highest BCUT2D eigenvalue weighted by molar-refractivity contribution is 6.06. The lowest BCUT2D eigenvalue weighted by molar-refractivity contribution is 0.0765. The molecule has 2 aliphatic heterocycles. The summed E-state index contributed by atoms with van der Waals surface area (Å²) < 4.78 is 5.70. The summed E-state index contributed by atoms with van der Waals surface area (Å²) in [5, 5.41) is 0. The summed E-state index contributed by atoms with van der Waals surface area (Å²) in [7, 11) is 0. The van der Waals surface area contributed by atoms with Crippen molar-refractivity contribution in [3.63, 3.8) is 0 Å². The zero-order chi connectivity index (χ0) is 22.8. The smallest absolute Gasteiger partial charge is 0.285 e. The van der Waals surface area contributed by atoms with E-state index in [1.54, 1.807) is 6.07 Å². The number of primary amides is 1. The molecule has 2 aromatic carbocycles. The maximum Gasteiger partial charge on any atom is 0.285 e. The molecule has 0 saturated carbocycles. The van der Waals surface area contributed by atoms with Crippen molar-refractivity contribution < 1.29 is 14.0 Å². The summed E-state index contributed by atoms with van der Waals surface area (Å²) in [6.45, 7) is 4.43. The molecular weight excluding hydrogens is 414 g/mol. The van der Waals surface area contributed by atoms with Gasteiger partial charge in [0.05, 0.1) is 5.56 Å². The average Bonchev–Trinajstić information content (AvgIpc) is 3.53. The fourth-order valence-electron chi connectivity index (χ4n) is 5.09. The van der Waals surface area contributed by atoms with Crippen LogP contribution in [0.15, 0.2) is 71.1 Å². The first kappa shape index (κ1) is 21.5. The van der Waals surface area contributed by atoms with Gasteiger partial charge in [0.1, 0.15) is 5.76 Å². The molecule has 5 rings (SSSR count). The van der Waals surface area contributed by atoms with Crippen LogP contribution in [0.2, 0.25) is 0 Å². The van der Waals surface area contributed by atoms with Crippen LogP contribution in [-0.4, -0.2) is 54.3 Å². The summed E-state index contributed by atoms with van der Waals surface area (Å²) in [4.78, 5) is 29.6. The van der Waals surface area contributed by atoms with Crippen LogP contribution in [0.3, 0.4) is 0 Å². The number of carbonyl (C=O) groups is 2. The average molecular weight is 443 g/mol. The Bertz CT molecular complexity index is 1110. The van der Waals surface area contributed by atoms with Gasteiger partial charge in [-0.25, -0.2) is 0 Å². The standard InChI is InChI=1S/C27H28N3O3/c28-26(31)25-23(14-24(33-25)20-11-5-2-6-12-20)27(32)30-17-21-15-29(16-22(21)18-30)13-7-10-19-8-3-1-4-9-19/h1-6,8-12,14,21-22H,7,13,15-18H2,(H2,28,31)/t21-,22?/m0/s1. The number of amides is 2. The van der Waals surface area contributed by atoms with E-state index in [1.807, 2.05) is 41.3 Å². The van der Waals surface area contributed by atoms with Gasteiger partial charge in [-0.15, -0.1) is 0 Å². The van der Waals surface area contributed by atoms with Crippen LogP contribution >= 0.6 is 0 Å². The first-order valence-electron chi connectivity index (χ1n) is 11.5. The highest BCUT2D eigenvalue weighted by Crippen LogP contribution is 2.34. The molecule has 6 heteroatoms.